The Morgan fingerprint density at radius 2 is 2.24 bits per heavy atom. The summed E-state index contributed by atoms with van der Waals surface area (Å²) < 4.78 is 30.8. The minimum atomic E-state index is -3.14. The van der Waals surface area contributed by atoms with Gasteiger partial charge in [0.25, 0.3) is 0 Å². The Balaban J connectivity index is 2.46. The van der Waals surface area contributed by atoms with Crippen molar-refractivity contribution in [2.24, 2.45) is 11.7 Å². The van der Waals surface area contributed by atoms with Gasteiger partial charge in [0, 0.05) is 19.7 Å². The van der Waals surface area contributed by atoms with Crippen molar-refractivity contribution in [3.8, 4) is 0 Å². The van der Waals surface area contributed by atoms with Crippen LogP contribution in [0.2, 0.25) is 0 Å². The van der Waals surface area contributed by atoms with Gasteiger partial charge in [-0.05, 0) is 38.6 Å². The molecule has 0 amide bonds. The lowest BCUT2D eigenvalue weighted by molar-refractivity contribution is 0.161. The van der Waals surface area contributed by atoms with Gasteiger partial charge in [-0.15, -0.1) is 0 Å². The number of nitrogens with zero attached hydrogens (tertiary/aromatic N) is 1. The molecule has 1 aliphatic rings. The fourth-order valence-corrected chi connectivity index (χ4v) is 3.62. The Morgan fingerprint density at radius 3 is 2.88 bits per heavy atom. The van der Waals surface area contributed by atoms with E-state index in [1.807, 2.05) is 6.92 Å². The summed E-state index contributed by atoms with van der Waals surface area (Å²) in [5.74, 6) is 0.520. The van der Waals surface area contributed by atoms with Crippen LogP contribution in [0.3, 0.4) is 0 Å². The highest BCUT2D eigenvalue weighted by Crippen LogP contribution is 2.21. The van der Waals surface area contributed by atoms with Crippen LogP contribution in [0.4, 0.5) is 0 Å². The Morgan fingerprint density at radius 1 is 1.47 bits per heavy atom. The quantitative estimate of drug-likeness (QED) is 0.676. The third-order valence-corrected chi connectivity index (χ3v) is 4.94. The summed E-state index contributed by atoms with van der Waals surface area (Å²) in [5.41, 5.74) is 5.52. The second kappa shape index (κ2) is 7.31. The van der Waals surface area contributed by atoms with Crippen LogP contribution in [0.15, 0.2) is 0 Å². The van der Waals surface area contributed by atoms with Gasteiger partial charge in [0.15, 0.2) is 0 Å². The lowest BCUT2D eigenvalue weighted by Crippen LogP contribution is -2.42. The Hall–Kier alpha value is -0.170. The minimum Gasteiger partial charge on any atom is -0.381 e. The first-order chi connectivity index (χ1) is 8.10. The van der Waals surface area contributed by atoms with Gasteiger partial charge in [0.1, 0.15) is 0 Å². The molecular weight excluding hydrogens is 240 g/mol. The van der Waals surface area contributed by atoms with Crippen molar-refractivity contribution >= 4 is 10.0 Å². The van der Waals surface area contributed by atoms with E-state index in [2.05, 4.69) is 0 Å². The molecule has 1 aliphatic heterocycles. The predicted octanol–water partition coefficient (Wildman–Crippen LogP) is 0.414. The van der Waals surface area contributed by atoms with Gasteiger partial charge in [-0.2, -0.15) is 0 Å². The van der Waals surface area contributed by atoms with Crippen molar-refractivity contribution in [3.05, 3.63) is 0 Å². The van der Waals surface area contributed by atoms with Crippen molar-refractivity contribution in [1.82, 2.24) is 4.31 Å². The maximum atomic E-state index is 12.0. The van der Waals surface area contributed by atoms with Crippen LogP contribution in [0.5, 0.6) is 0 Å². The number of sulfonamides is 1. The zero-order valence-electron chi connectivity index (χ0n) is 10.6. The van der Waals surface area contributed by atoms with Crippen LogP contribution in [0, 0.1) is 5.92 Å². The van der Waals surface area contributed by atoms with E-state index in [1.54, 1.807) is 4.31 Å². The zero-order valence-corrected chi connectivity index (χ0v) is 11.4. The highest BCUT2D eigenvalue weighted by Gasteiger charge is 2.28. The van der Waals surface area contributed by atoms with Gasteiger partial charge in [0.05, 0.1) is 12.4 Å². The van der Waals surface area contributed by atoms with E-state index in [9.17, 15) is 8.42 Å². The molecule has 1 fully saturated rings. The van der Waals surface area contributed by atoms with Crippen molar-refractivity contribution in [3.63, 3.8) is 0 Å². The molecular formula is C11H24N2O3S. The SMILES string of the molecule is CCOCCS(=O)(=O)N1CCCC(CCN)C1. The van der Waals surface area contributed by atoms with Gasteiger partial charge in [-0.3, -0.25) is 0 Å². The number of rotatable bonds is 7. The van der Waals surface area contributed by atoms with E-state index >= 15 is 0 Å². The van der Waals surface area contributed by atoms with Crippen LogP contribution in [-0.2, 0) is 14.8 Å². The first-order valence-electron chi connectivity index (χ1n) is 6.35. The van der Waals surface area contributed by atoms with E-state index in [-0.39, 0.29) is 12.4 Å². The molecule has 0 bridgehead atoms. The van der Waals surface area contributed by atoms with Gasteiger partial charge in [0.2, 0.25) is 10.0 Å². The average Bonchev–Trinajstić information content (AvgIpc) is 2.30. The molecule has 0 aromatic rings. The number of nitrogens with two attached hydrogens (primary N) is 1. The molecule has 102 valence electrons. The maximum absolute atomic E-state index is 12.0. The molecule has 1 heterocycles. The number of hydrogen-bond acceptors (Lipinski definition) is 4. The van der Waals surface area contributed by atoms with Crippen LogP contribution in [-0.4, -0.2) is 51.3 Å². The van der Waals surface area contributed by atoms with Crippen LogP contribution >= 0.6 is 0 Å². The van der Waals surface area contributed by atoms with E-state index in [1.165, 1.54) is 0 Å². The summed E-state index contributed by atoms with van der Waals surface area (Å²) >= 11 is 0. The van der Waals surface area contributed by atoms with Crippen LogP contribution in [0.25, 0.3) is 0 Å². The van der Waals surface area contributed by atoms with E-state index in [4.69, 9.17) is 10.5 Å². The number of ether oxygens (including phenoxy) is 1. The van der Waals surface area contributed by atoms with Gasteiger partial charge in [-0.25, -0.2) is 12.7 Å². The largest absolute Gasteiger partial charge is 0.381 e. The van der Waals surface area contributed by atoms with Crippen molar-refractivity contribution < 1.29 is 13.2 Å². The number of piperidine rings is 1. The van der Waals surface area contributed by atoms with E-state index in [0.717, 1.165) is 19.3 Å². The molecule has 17 heavy (non-hydrogen) atoms. The van der Waals surface area contributed by atoms with Crippen molar-refractivity contribution in [1.29, 1.82) is 0 Å². The molecule has 0 radical (unpaired) electrons. The lowest BCUT2D eigenvalue weighted by atomic mass is 9.96. The summed E-state index contributed by atoms with van der Waals surface area (Å²) in [4.78, 5) is 0. The zero-order chi connectivity index (χ0) is 12.7. The summed E-state index contributed by atoms with van der Waals surface area (Å²) in [6.45, 7) is 4.63. The van der Waals surface area contributed by atoms with Gasteiger partial charge in [-0.1, -0.05) is 0 Å². The Bertz CT molecular complexity index is 304. The second-order valence-corrected chi connectivity index (χ2v) is 6.55. The van der Waals surface area contributed by atoms with Crippen LogP contribution < -0.4 is 5.73 Å². The van der Waals surface area contributed by atoms with E-state index in [0.29, 0.717) is 32.2 Å². The lowest BCUT2D eigenvalue weighted by Gasteiger charge is -2.31. The minimum absolute atomic E-state index is 0.0934. The normalized spacial score (nSPS) is 22.8. The molecule has 2 N–H and O–H groups in total. The molecule has 1 atom stereocenters. The summed E-state index contributed by atoms with van der Waals surface area (Å²) in [6.07, 6.45) is 2.95. The summed E-state index contributed by atoms with van der Waals surface area (Å²) in [7, 11) is -3.14. The average molecular weight is 264 g/mol. The fourth-order valence-electron chi connectivity index (χ4n) is 2.19. The maximum Gasteiger partial charge on any atom is 0.216 e. The van der Waals surface area contributed by atoms with E-state index < -0.39 is 10.0 Å². The second-order valence-electron chi connectivity index (χ2n) is 4.46. The van der Waals surface area contributed by atoms with Crippen LogP contribution in [0.1, 0.15) is 26.2 Å². The molecule has 0 aliphatic carbocycles. The summed E-state index contributed by atoms with van der Waals surface area (Å²) in [6, 6.07) is 0. The molecule has 0 aromatic heterocycles. The standard InChI is InChI=1S/C11H24N2O3S/c1-2-16-8-9-17(14,15)13-7-3-4-11(10-13)5-6-12/h11H,2-10,12H2,1H3. The molecule has 1 unspecified atom stereocenters. The monoisotopic (exact) mass is 264 g/mol. The first-order valence-corrected chi connectivity index (χ1v) is 7.96. The smallest absolute Gasteiger partial charge is 0.216 e. The molecule has 1 saturated heterocycles. The molecule has 0 saturated carbocycles. The molecule has 6 heteroatoms. The van der Waals surface area contributed by atoms with Crippen molar-refractivity contribution in [2.45, 2.75) is 26.2 Å². The summed E-state index contributed by atoms with van der Waals surface area (Å²) in [5, 5.41) is 0. The Labute approximate surface area is 104 Å². The third-order valence-electron chi connectivity index (χ3n) is 3.14. The molecule has 5 nitrogen and oxygen atoms in total. The van der Waals surface area contributed by atoms with Gasteiger partial charge >= 0.3 is 0 Å². The molecule has 0 aromatic carbocycles. The molecule has 0 spiro atoms. The van der Waals surface area contributed by atoms with Crippen molar-refractivity contribution in [2.75, 3.05) is 38.6 Å². The Kier molecular flexibility index (Phi) is 6.40. The van der Waals surface area contributed by atoms with Gasteiger partial charge < -0.3 is 10.5 Å². The molecule has 1 rings (SSSR count). The number of hydrogen-bond donors (Lipinski definition) is 1. The fraction of sp³-hybridized carbons (Fsp3) is 1.00. The first kappa shape index (κ1) is 14.9. The predicted molar refractivity (Wildman–Crippen MR) is 68.2 cm³/mol. The third kappa shape index (κ3) is 4.91. The highest BCUT2D eigenvalue weighted by atomic mass is 32.2. The highest BCUT2D eigenvalue weighted by molar-refractivity contribution is 7.89. The topological polar surface area (TPSA) is 72.6 Å².